The molecule has 0 aromatic heterocycles. The molecule has 1 amide bonds. The smallest absolute Gasteiger partial charge is 0.253 e. The summed E-state index contributed by atoms with van der Waals surface area (Å²) >= 11 is 0. The molecule has 1 aliphatic rings. The highest BCUT2D eigenvalue weighted by atomic mass is 19.1. The van der Waals surface area contributed by atoms with E-state index in [1.165, 1.54) is 12.1 Å². The maximum absolute atomic E-state index is 13.0. The topological polar surface area (TPSA) is 32.8 Å². The molecule has 0 bridgehead atoms. The zero-order valence-corrected chi connectivity index (χ0v) is 13.0. The van der Waals surface area contributed by atoms with Crippen molar-refractivity contribution in [3.05, 3.63) is 59.9 Å². The summed E-state index contributed by atoms with van der Waals surface area (Å²) in [5, 5.41) is 0. The number of hydrogen-bond acceptors (Lipinski definition) is 3. The molecule has 1 aliphatic heterocycles. The molecule has 4 nitrogen and oxygen atoms in total. The summed E-state index contributed by atoms with van der Waals surface area (Å²) < 4.78 is 18.1. The van der Waals surface area contributed by atoms with Crippen LogP contribution in [0, 0.1) is 5.82 Å². The molecule has 1 saturated heterocycles. The summed E-state index contributed by atoms with van der Waals surface area (Å²) in [6.45, 7) is 2.80. The first kappa shape index (κ1) is 15.3. The van der Waals surface area contributed by atoms with Gasteiger partial charge in [0.2, 0.25) is 0 Å². The van der Waals surface area contributed by atoms with E-state index in [1.54, 1.807) is 43.5 Å². The Morgan fingerprint density at radius 1 is 0.957 bits per heavy atom. The van der Waals surface area contributed by atoms with E-state index in [0.717, 1.165) is 24.5 Å². The number of carbonyl (C=O) groups is 1. The van der Waals surface area contributed by atoms with E-state index in [4.69, 9.17) is 4.74 Å². The van der Waals surface area contributed by atoms with Gasteiger partial charge >= 0.3 is 0 Å². The molecule has 5 heteroatoms. The van der Waals surface area contributed by atoms with E-state index < -0.39 is 0 Å². The van der Waals surface area contributed by atoms with Crippen LogP contribution in [-0.4, -0.2) is 44.1 Å². The van der Waals surface area contributed by atoms with Gasteiger partial charge in [-0.2, -0.15) is 0 Å². The fraction of sp³-hybridized carbons (Fsp3) is 0.278. The molecule has 0 spiro atoms. The zero-order chi connectivity index (χ0) is 16.2. The monoisotopic (exact) mass is 314 g/mol. The molecule has 2 aromatic carbocycles. The molecule has 1 fully saturated rings. The van der Waals surface area contributed by atoms with Crippen LogP contribution in [0.3, 0.4) is 0 Å². The number of benzene rings is 2. The van der Waals surface area contributed by atoms with Gasteiger partial charge in [0.15, 0.2) is 0 Å². The Morgan fingerprint density at radius 2 is 1.57 bits per heavy atom. The number of nitrogens with zero attached hydrogens (tertiary/aromatic N) is 2. The molecule has 3 rings (SSSR count). The highest BCUT2D eigenvalue weighted by molar-refractivity contribution is 5.94. The summed E-state index contributed by atoms with van der Waals surface area (Å²) in [5.41, 5.74) is 1.66. The molecule has 1 heterocycles. The molecule has 0 atom stereocenters. The number of piperazine rings is 1. The number of rotatable bonds is 3. The summed E-state index contributed by atoms with van der Waals surface area (Å²) in [4.78, 5) is 16.5. The van der Waals surface area contributed by atoms with Crippen LogP contribution in [0.4, 0.5) is 10.1 Å². The fourth-order valence-electron chi connectivity index (χ4n) is 2.74. The molecular formula is C18H19FN2O2. The van der Waals surface area contributed by atoms with Crippen molar-refractivity contribution in [2.24, 2.45) is 0 Å². The number of carbonyl (C=O) groups excluding carboxylic acids is 1. The predicted molar refractivity (Wildman–Crippen MR) is 87.5 cm³/mol. The zero-order valence-electron chi connectivity index (χ0n) is 13.0. The Labute approximate surface area is 135 Å². The van der Waals surface area contributed by atoms with E-state index in [0.29, 0.717) is 18.7 Å². The number of ether oxygens (including phenoxy) is 1. The van der Waals surface area contributed by atoms with E-state index in [9.17, 15) is 9.18 Å². The third-order valence-electron chi connectivity index (χ3n) is 4.10. The van der Waals surface area contributed by atoms with Gasteiger partial charge in [-0.15, -0.1) is 0 Å². The van der Waals surface area contributed by atoms with Gasteiger partial charge in [0.1, 0.15) is 11.6 Å². The molecule has 0 radical (unpaired) electrons. The van der Waals surface area contributed by atoms with Gasteiger partial charge in [0.05, 0.1) is 7.11 Å². The van der Waals surface area contributed by atoms with E-state index in [1.807, 2.05) is 4.90 Å². The lowest BCUT2D eigenvalue weighted by Gasteiger charge is -2.36. The van der Waals surface area contributed by atoms with Crippen molar-refractivity contribution in [3.63, 3.8) is 0 Å². The number of amides is 1. The Hall–Kier alpha value is -2.56. The minimum Gasteiger partial charge on any atom is -0.497 e. The Bertz CT molecular complexity index is 662. The lowest BCUT2D eigenvalue weighted by molar-refractivity contribution is 0.0747. The summed E-state index contributed by atoms with van der Waals surface area (Å²) in [6.07, 6.45) is 0. The molecule has 0 saturated carbocycles. The highest BCUT2D eigenvalue weighted by Crippen LogP contribution is 2.18. The molecular weight excluding hydrogens is 295 g/mol. The van der Waals surface area contributed by atoms with E-state index >= 15 is 0 Å². The van der Waals surface area contributed by atoms with Gasteiger partial charge in [-0.3, -0.25) is 4.79 Å². The van der Waals surface area contributed by atoms with Crippen LogP contribution in [0.15, 0.2) is 48.5 Å². The SMILES string of the molecule is COc1ccc(C(=O)N2CCN(c3ccc(F)cc3)CC2)cc1. The summed E-state index contributed by atoms with van der Waals surface area (Å²) in [5.74, 6) is 0.538. The minimum atomic E-state index is -0.234. The average Bonchev–Trinajstić information content (AvgIpc) is 2.62. The van der Waals surface area contributed by atoms with Gasteiger partial charge < -0.3 is 14.5 Å². The van der Waals surface area contributed by atoms with Gasteiger partial charge in [-0.1, -0.05) is 0 Å². The van der Waals surface area contributed by atoms with Crippen molar-refractivity contribution >= 4 is 11.6 Å². The largest absolute Gasteiger partial charge is 0.497 e. The first-order valence-corrected chi connectivity index (χ1v) is 7.61. The van der Waals surface area contributed by atoms with Crippen molar-refractivity contribution in [3.8, 4) is 5.75 Å². The van der Waals surface area contributed by atoms with E-state index in [2.05, 4.69) is 4.90 Å². The number of hydrogen-bond donors (Lipinski definition) is 0. The molecule has 0 aliphatic carbocycles. The van der Waals surface area contributed by atoms with Gasteiger partial charge in [-0.05, 0) is 48.5 Å². The van der Waals surface area contributed by atoms with Crippen LogP contribution in [0.1, 0.15) is 10.4 Å². The summed E-state index contributed by atoms with van der Waals surface area (Å²) in [7, 11) is 1.60. The molecule has 0 N–H and O–H groups in total. The standard InChI is InChI=1S/C18H19FN2O2/c1-23-17-8-2-14(3-9-17)18(22)21-12-10-20(11-13-21)16-6-4-15(19)5-7-16/h2-9H,10-13H2,1H3. The second kappa shape index (κ2) is 6.69. The molecule has 120 valence electrons. The van der Waals surface area contributed by atoms with Crippen LogP contribution in [0.25, 0.3) is 0 Å². The van der Waals surface area contributed by atoms with Crippen molar-refractivity contribution in [2.75, 3.05) is 38.2 Å². The highest BCUT2D eigenvalue weighted by Gasteiger charge is 2.22. The van der Waals surface area contributed by atoms with Gasteiger partial charge in [0, 0.05) is 37.4 Å². The predicted octanol–water partition coefficient (Wildman–Crippen LogP) is 2.80. The Balaban J connectivity index is 1.61. The first-order chi connectivity index (χ1) is 11.2. The third kappa shape index (κ3) is 3.44. The van der Waals surface area contributed by atoms with Crippen molar-refractivity contribution in [1.29, 1.82) is 0 Å². The van der Waals surface area contributed by atoms with Gasteiger partial charge in [-0.25, -0.2) is 4.39 Å². The van der Waals surface area contributed by atoms with Crippen molar-refractivity contribution in [1.82, 2.24) is 4.90 Å². The normalized spacial score (nSPS) is 14.7. The van der Waals surface area contributed by atoms with Crippen LogP contribution in [0.5, 0.6) is 5.75 Å². The van der Waals surface area contributed by atoms with Crippen molar-refractivity contribution in [2.45, 2.75) is 0 Å². The minimum absolute atomic E-state index is 0.0337. The number of halogens is 1. The summed E-state index contributed by atoms with van der Waals surface area (Å²) in [6, 6.07) is 13.6. The van der Waals surface area contributed by atoms with Crippen LogP contribution in [-0.2, 0) is 0 Å². The number of anilines is 1. The Morgan fingerprint density at radius 3 is 2.13 bits per heavy atom. The maximum Gasteiger partial charge on any atom is 0.253 e. The maximum atomic E-state index is 13.0. The average molecular weight is 314 g/mol. The third-order valence-corrected chi connectivity index (χ3v) is 4.10. The quantitative estimate of drug-likeness (QED) is 0.873. The second-order valence-corrected chi connectivity index (χ2v) is 5.48. The van der Waals surface area contributed by atoms with Crippen LogP contribution < -0.4 is 9.64 Å². The lowest BCUT2D eigenvalue weighted by Crippen LogP contribution is -2.48. The number of methoxy groups -OCH3 is 1. The van der Waals surface area contributed by atoms with E-state index in [-0.39, 0.29) is 11.7 Å². The molecule has 23 heavy (non-hydrogen) atoms. The lowest BCUT2D eigenvalue weighted by atomic mass is 10.1. The van der Waals surface area contributed by atoms with Crippen LogP contribution >= 0.6 is 0 Å². The fourth-order valence-corrected chi connectivity index (χ4v) is 2.74. The molecule has 2 aromatic rings. The van der Waals surface area contributed by atoms with Crippen LogP contribution in [0.2, 0.25) is 0 Å². The van der Waals surface area contributed by atoms with Crippen molar-refractivity contribution < 1.29 is 13.9 Å². The van der Waals surface area contributed by atoms with Gasteiger partial charge in [0.25, 0.3) is 5.91 Å². The Kier molecular flexibility index (Phi) is 4.46. The molecule has 0 unspecified atom stereocenters. The first-order valence-electron chi connectivity index (χ1n) is 7.61. The second-order valence-electron chi connectivity index (χ2n) is 5.48.